The first kappa shape index (κ1) is 16.8. The third-order valence-electron chi connectivity index (χ3n) is 3.81. The van der Waals surface area contributed by atoms with Crippen LogP contribution in [0.5, 0.6) is 11.5 Å². The van der Waals surface area contributed by atoms with E-state index in [-0.39, 0.29) is 12.3 Å². The molecule has 3 aromatic rings. The highest BCUT2D eigenvalue weighted by molar-refractivity contribution is 5.78. The molecular weight excluding hydrogens is 320 g/mol. The van der Waals surface area contributed by atoms with Crippen molar-refractivity contribution in [3.8, 4) is 11.5 Å². The molecule has 2 aromatic carbocycles. The first-order chi connectivity index (χ1) is 12.2. The van der Waals surface area contributed by atoms with Crippen LogP contribution in [-0.4, -0.2) is 31.7 Å². The number of hydrogen-bond donors (Lipinski definition) is 1. The molecule has 0 unspecified atom stereocenters. The van der Waals surface area contributed by atoms with E-state index in [1.165, 1.54) is 0 Å². The zero-order chi connectivity index (χ0) is 17.6. The van der Waals surface area contributed by atoms with Crippen LogP contribution in [0.4, 0.5) is 0 Å². The zero-order valence-corrected chi connectivity index (χ0v) is 14.2. The van der Waals surface area contributed by atoms with Gasteiger partial charge in [0.1, 0.15) is 5.52 Å². The van der Waals surface area contributed by atoms with Gasteiger partial charge in [-0.15, -0.1) is 0 Å². The highest BCUT2D eigenvalue weighted by atomic mass is 16.5. The Morgan fingerprint density at radius 1 is 1.12 bits per heavy atom. The number of nitrogens with zero attached hydrogens (tertiary/aromatic N) is 1. The highest BCUT2D eigenvalue weighted by Crippen LogP contribution is 2.27. The quantitative estimate of drug-likeness (QED) is 0.716. The fourth-order valence-electron chi connectivity index (χ4n) is 2.57. The fraction of sp³-hybridized carbons (Fsp3) is 0.263. The first-order valence-electron chi connectivity index (χ1n) is 8.01. The Morgan fingerprint density at radius 3 is 2.68 bits per heavy atom. The molecule has 0 radical (unpaired) electrons. The van der Waals surface area contributed by atoms with Gasteiger partial charge < -0.3 is 19.2 Å². The third kappa shape index (κ3) is 4.09. The molecule has 1 N–H and O–H groups in total. The molecule has 6 nitrogen and oxygen atoms in total. The van der Waals surface area contributed by atoms with Gasteiger partial charge in [-0.25, -0.2) is 4.98 Å². The Balaban J connectivity index is 1.52. The van der Waals surface area contributed by atoms with E-state index >= 15 is 0 Å². The second-order valence-electron chi connectivity index (χ2n) is 5.54. The number of rotatable bonds is 7. The molecule has 6 heteroatoms. The first-order valence-corrected chi connectivity index (χ1v) is 8.01. The van der Waals surface area contributed by atoms with Gasteiger partial charge in [0.2, 0.25) is 5.91 Å². The van der Waals surface area contributed by atoms with E-state index in [2.05, 4.69) is 10.3 Å². The van der Waals surface area contributed by atoms with Crippen LogP contribution >= 0.6 is 0 Å². The van der Waals surface area contributed by atoms with Crippen LogP contribution in [-0.2, 0) is 17.6 Å². The van der Waals surface area contributed by atoms with Crippen LogP contribution in [0.2, 0.25) is 0 Å². The summed E-state index contributed by atoms with van der Waals surface area (Å²) in [6.45, 7) is 0.471. The number of hydrogen-bond acceptors (Lipinski definition) is 5. The normalized spacial score (nSPS) is 10.6. The Kier molecular flexibility index (Phi) is 5.18. The number of carbonyl (C=O) groups excluding carboxylic acids is 1. The van der Waals surface area contributed by atoms with E-state index in [4.69, 9.17) is 13.9 Å². The molecule has 0 atom stereocenters. The van der Waals surface area contributed by atoms with Crippen molar-refractivity contribution in [1.82, 2.24) is 10.3 Å². The van der Waals surface area contributed by atoms with Gasteiger partial charge in [-0.3, -0.25) is 4.79 Å². The number of amides is 1. The Hall–Kier alpha value is -3.02. The summed E-state index contributed by atoms with van der Waals surface area (Å²) in [4.78, 5) is 16.5. The van der Waals surface area contributed by atoms with Gasteiger partial charge in [-0.05, 0) is 29.8 Å². The molecule has 1 aromatic heterocycles. The second kappa shape index (κ2) is 7.70. The molecule has 0 aliphatic carbocycles. The van der Waals surface area contributed by atoms with Crippen LogP contribution in [0.1, 0.15) is 11.5 Å². The molecule has 3 rings (SSSR count). The van der Waals surface area contributed by atoms with E-state index < -0.39 is 0 Å². The van der Waals surface area contributed by atoms with Gasteiger partial charge in [0.05, 0.1) is 20.6 Å². The lowest BCUT2D eigenvalue weighted by Crippen LogP contribution is -2.27. The molecule has 130 valence electrons. The summed E-state index contributed by atoms with van der Waals surface area (Å²) in [5, 5.41) is 2.88. The van der Waals surface area contributed by atoms with E-state index in [1.54, 1.807) is 26.4 Å². The predicted molar refractivity (Wildman–Crippen MR) is 94.0 cm³/mol. The zero-order valence-electron chi connectivity index (χ0n) is 14.2. The number of aromatic nitrogens is 1. The maximum atomic E-state index is 12.1. The summed E-state index contributed by atoms with van der Waals surface area (Å²) in [5.41, 5.74) is 2.44. The molecule has 0 saturated carbocycles. The molecule has 1 heterocycles. The van der Waals surface area contributed by atoms with Gasteiger partial charge in [0, 0.05) is 13.0 Å². The number of fused-ring (bicyclic) bond motifs is 1. The lowest BCUT2D eigenvalue weighted by Gasteiger charge is -2.09. The van der Waals surface area contributed by atoms with E-state index in [9.17, 15) is 4.79 Å². The minimum absolute atomic E-state index is 0.0664. The fourth-order valence-corrected chi connectivity index (χ4v) is 2.57. The average Bonchev–Trinajstić information content (AvgIpc) is 3.04. The summed E-state index contributed by atoms with van der Waals surface area (Å²) in [7, 11) is 3.15. The molecule has 0 saturated heterocycles. The largest absolute Gasteiger partial charge is 0.493 e. The van der Waals surface area contributed by atoms with E-state index in [0.717, 1.165) is 16.7 Å². The van der Waals surface area contributed by atoms with Gasteiger partial charge >= 0.3 is 0 Å². The molecule has 0 aliphatic rings. The predicted octanol–water partition coefficient (Wildman–Crippen LogP) is 2.75. The smallest absolute Gasteiger partial charge is 0.224 e. The van der Waals surface area contributed by atoms with Crippen molar-refractivity contribution in [3.63, 3.8) is 0 Å². The minimum atomic E-state index is -0.0664. The van der Waals surface area contributed by atoms with Crippen molar-refractivity contribution < 1.29 is 18.7 Å². The molecule has 0 bridgehead atoms. The number of oxazole rings is 1. The van der Waals surface area contributed by atoms with Crippen molar-refractivity contribution in [3.05, 3.63) is 53.9 Å². The van der Waals surface area contributed by atoms with Crippen LogP contribution in [0, 0.1) is 0 Å². The number of ether oxygens (including phenoxy) is 2. The van der Waals surface area contributed by atoms with Crippen molar-refractivity contribution in [1.29, 1.82) is 0 Å². The maximum Gasteiger partial charge on any atom is 0.224 e. The topological polar surface area (TPSA) is 73.6 Å². The Labute approximate surface area is 145 Å². The molecule has 0 spiro atoms. The number of benzene rings is 2. The van der Waals surface area contributed by atoms with Crippen molar-refractivity contribution in [2.24, 2.45) is 0 Å². The van der Waals surface area contributed by atoms with Gasteiger partial charge in [0.15, 0.2) is 23.0 Å². The Morgan fingerprint density at radius 2 is 1.92 bits per heavy atom. The highest BCUT2D eigenvalue weighted by Gasteiger charge is 2.09. The van der Waals surface area contributed by atoms with Crippen LogP contribution in [0.15, 0.2) is 46.9 Å². The number of methoxy groups -OCH3 is 2. The molecule has 1 amide bonds. The van der Waals surface area contributed by atoms with Gasteiger partial charge in [-0.2, -0.15) is 0 Å². The average molecular weight is 340 g/mol. The van der Waals surface area contributed by atoms with E-state index in [1.807, 2.05) is 30.3 Å². The van der Waals surface area contributed by atoms with Gasteiger partial charge in [0.25, 0.3) is 0 Å². The number of carbonyl (C=O) groups is 1. The Bertz CT molecular complexity index is 840. The summed E-state index contributed by atoms with van der Waals surface area (Å²) in [6.07, 6.45) is 0.820. The number of nitrogens with one attached hydrogen (secondary N) is 1. The molecule has 0 fully saturated rings. The molecule has 0 aliphatic heterocycles. The standard InChI is InChI=1S/C19H20N2O4/c1-23-16-8-7-13(11-17(16)24-2)12-18(22)20-10-9-19-21-14-5-3-4-6-15(14)25-19/h3-8,11H,9-10,12H2,1-2H3,(H,20,22). The van der Waals surface area contributed by atoms with Crippen molar-refractivity contribution in [2.45, 2.75) is 12.8 Å². The maximum absolute atomic E-state index is 12.1. The summed E-state index contributed by atoms with van der Waals surface area (Å²) in [5.74, 6) is 1.80. The lowest BCUT2D eigenvalue weighted by molar-refractivity contribution is -0.120. The van der Waals surface area contributed by atoms with Crippen molar-refractivity contribution >= 4 is 17.0 Å². The second-order valence-corrected chi connectivity index (χ2v) is 5.54. The summed E-state index contributed by atoms with van der Waals surface area (Å²) in [6, 6.07) is 13.0. The SMILES string of the molecule is COc1ccc(CC(=O)NCCc2nc3ccccc3o2)cc1OC. The molecule has 25 heavy (non-hydrogen) atoms. The lowest BCUT2D eigenvalue weighted by atomic mass is 10.1. The summed E-state index contributed by atoms with van der Waals surface area (Å²) < 4.78 is 16.1. The van der Waals surface area contributed by atoms with Gasteiger partial charge in [-0.1, -0.05) is 18.2 Å². The number of para-hydroxylation sites is 2. The van der Waals surface area contributed by atoms with E-state index in [0.29, 0.717) is 30.4 Å². The molecular formula is C19H20N2O4. The minimum Gasteiger partial charge on any atom is -0.493 e. The summed E-state index contributed by atoms with van der Waals surface area (Å²) >= 11 is 0. The third-order valence-corrected chi connectivity index (χ3v) is 3.81. The van der Waals surface area contributed by atoms with Crippen LogP contribution in [0.3, 0.4) is 0 Å². The van der Waals surface area contributed by atoms with Crippen LogP contribution in [0.25, 0.3) is 11.1 Å². The van der Waals surface area contributed by atoms with Crippen molar-refractivity contribution in [2.75, 3.05) is 20.8 Å². The monoisotopic (exact) mass is 340 g/mol. The van der Waals surface area contributed by atoms with Crippen LogP contribution < -0.4 is 14.8 Å².